The smallest absolute Gasteiger partial charge is 0.186 e. The Kier molecular flexibility index (Phi) is 5.54. The van der Waals surface area contributed by atoms with Crippen molar-refractivity contribution in [3.05, 3.63) is 0 Å². The second kappa shape index (κ2) is 5.63. The molecular formula is C9H20O5. The molecule has 86 valence electrons. The van der Waals surface area contributed by atoms with Gasteiger partial charge in [0.05, 0.1) is 0 Å². The Balaban J connectivity index is 3.73. The van der Waals surface area contributed by atoms with E-state index < -0.39 is 11.6 Å². The summed E-state index contributed by atoms with van der Waals surface area (Å²) in [5, 5.41) is 36.7. The van der Waals surface area contributed by atoms with Gasteiger partial charge in [-0.05, 0) is 0 Å². The predicted molar refractivity (Wildman–Crippen MR) is 50.4 cm³/mol. The van der Waals surface area contributed by atoms with Crippen molar-refractivity contribution in [2.45, 2.75) is 44.7 Å². The van der Waals surface area contributed by atoms with Crippen LogP contribution in [0.2, 0.25) is 0 Å². The average Bonchev–Trinajstić information content (AvgIpc) is 2.03. The highest BCUT2D eigenvalue weighted by molar-refractivity contribution is 4.65. The molecule has 0 amide bonds. The summed E-state index contributed by atoms with van der Waals surface area (Å²) >= 11 is 0. The van der Waals surface area contributed by atoms with Crippen LogP contribution < -0.4 is 0 Å². The summed E-state index contributed by atoms with van der Waals surface area (Å²) < 4.78 is 4.81. The van der Waals surface area contributed by atoms with Gasteiger partial charge in [-0.15, -0.1) is 0 Å². The highest BCUT2D eigenvalue weighted by atomic mass is 16.6. The molecule has 0 rings (SSSR count). The van der Waals surface area contributed by atoms with Gasteiger partial charge in [0.15, 0.2) is 11.6 Å². The van der Waals surface area contributed by atoms with E-state index >= 15 is 0 Å². The van der Waals surface area contributed by atoms with E-state index in [2.05, 4.69) is 0 Å². The van der Waals surface area contributed by atoms with Gasteiger partial charge < -0.3 is 25.2 Å². The summed E-state index contributed by atoms with van der Waals surface area (Å²) in [6.45, 7) is 2.77. The maximum atomic E-state index is 9.25. The van der Waals surface area contributed by atoms with Crippen LogP contribution in [0.25, 0.3) is 0 Å². The summed E-state index contributed by atoms with van der Waals surface area (Å²) in [5.41, 5.74) is 0. The van der Waals surface area contributed by atoms with Gasteiger partial charge >= 0.3 is 0 Å². The fourth-order valence-corrected chi connectivity index (χ4v) is 0.953. The molecule has 0 aliphatic rings. The lowest BCUT2D eigenvalue weighted by atomic mass is 10.1. The summed E-state index contributed by atoms with van der Waals surface area (Å²) in [7, 11) is 0. The molecule has 0 saturated heterocycles. The second-order valence-electron chi connectivity index (χ2n) is 3.56. The molecule has 0 aromatic carbocycles. The van der Waals surface area contributed by atoms with Crippen molar-refractivity contribution < 1.29 is 25.2 Å². The lowest BCUT2D eigenvalue weighted by Gasteiger charge is -2.24. The van der Waals surface area contributed by atoms with Gasteiger partial charge in [0.25, 0.3) is 0 Å². The van der Waals surface area contributed by atoms with Crippen molar-refractivity contribution in [3.8, 4) is 0 Å². The zero-order chi connectivity index (χ0) is 11.2. The highest BCUT2D eigenvalue weighted by Gasteiger charge is 2.25. The molecule has 0 atom stereocenters. The van der Waals surface area contributed by atoms with E-state index in [9.17, 15) is 10.2 Å². The van der Waals surface area contributed by atoms with E-state index in [0.29, 0.717) is 6.42 Å². The molecule has 0 saturated carbocycles. The molecule has 0 bridgehead atoms. The molecule has 0 aliphatic carbocycles. The summed E-state index contributed by atoms with van der Waals surface area (Å²) in [6.07, 6.45) is 0.946. The maximum Gasteiger partial charge on any atom is 0.186 e. The van der Waals surface area contributed by atoms with E-state index in [0.717, 1.165) is 0 Å². The van der Waals surface area contributed by atoms with Crippen LogP contribution in [0.1, 0.15) is 33.1 Å². The van der Waals surface area contributed by atoms with Gasteiger partial charge in [0.2, 0.25) is 0 Å². The van der Waals surface area contributed by atoms with E-state index in [1.807, 2.05) is 6.92 Å². The zero-order valence-electron chi connectivity index (χ0n) is 8.73. The van der Waals surface area contributed by atoms with E-state index in [1.165, 1.54) is 0 Å². The van der Waals surface area contributed by atoms with Crippen molar-refractivity contribution in [1.82, 2.24) is 0 Å². The van der Waals surface area contributed by atoms with Crippen molar-refractivity contribution in [2.24, 2.45) is 0 Å². The standard InChI is InChI=1S/C9H20O5/c1-3-5-9(12,13)7-14-6-8(10,11)4-2/h10-13H,3-7H2,1-2H3. The van der Waals surface area contributed by atoms with Crippen LogP contribution in [0, 0.1) is 0 Å². The molecule has 0 aromatic heterocycles. The van der Waals surface area contributed by atoms with Crippen molar-refractivity contribution >= 4 is 0 Å². The van der Waals surface area contributed by atoms with Gasteiger partial charge in [-0.1, -0.05) is 20.3 Å². The minimum atomic E-state index is -1.89. The van der Waals surface area contributed by atoms with Gasteiger partial charge in [-0.2, -0.15) is 0 Å². The molecule has 0 unspecified atom stereocenters. The van der Waals surface area contributed by atoms with Crippen LogP contribution in [0.5, 0.6) is 0 Å². The number of hydrogen-bond donors (Lipinski definition) is 4. The first-order valence-electron chi connectivity index (χ1n) is 4.80. The van der Waals surface area contributed by atoms with Crippen LogP contribution >= 0.6 is 0 Å². The first-order chi connectivity index (χ1) is 6.33. The number of rotatable bonds is 7. The van der Waals surface area contributed by atoms with E-state index in [4.69, 9.17) is 14.9 Å². The zero-order valence-corrected chi connectivity index (χ0v) is 8.73. The van der Waals surface area contributed by atoms with Crippen molar-refractivity contribution in [1.29, 1.82) is 0 Å². The predicted octanol–water partition coefficient (Wildman–Crippen LogP) is -0.425. The van der Waals surface area contributed by atoms with Crippen LogP contribution in [0.3, 0.4) is 0 Å². The highest BCUT2D eigenvalue weighted by Crippen LogP contribution is 2.11. The Labute approximate surface area is 83.9 Å². The fraction of sp³-hybridized carbons (Fsp3) is 1.00. The summed E-state index contributed by atoms with van der Waals surface area (Å²) in [6, 6.07) is 0. The van der Waals surface area contributed by atoms with E-state index in [-0.39, 0.29) is 26.1 Å². The largest absolute Gasteiger partial charge is 0.370 e. The lowest BCUT2D eigenvalue weighted by molar-refractivity contribution is -0.240. The lowest BCUT2D eigenvalue weighted by Crippen LogP contribution is -2.39. The molecule has 0 aromatic rings. The summed E-state index contributed by atoms with van der Waals surface area (Å²) in [4.78, 5) is 0. The number of hydrogen-bond acceptors (Lipinski definition) is 5. The Bertz CT molecular complexity index is 155. The third-order valence-corrected chi connectivity index (χ3v) is 1.88. The normalized spacial score (nSPS) is 13.3. The Hall–Kier alpha value is -0.200. The third-order valence-electron chi connectivity index (χ3n) is 1.88. The molecule has 0 aliphatic heterocycles. The molecule has 5 heteroatoms. The van der Waals surface area contributed by atoms with Crippen LogP contribution in [0.4, 0.5) is 0 Å². The molecule has 14 heavy (non-hydrogen) atoms. The summed E-state index contributed by atoms with van der Waals surface area (Å²) in [5.74, 6) is -3.76. The van der Waals surface area contributed by atoms with Gasteiger partial charge in [0.1, 0.15) is 13.2 Å². The minimum absolute atomic E-state index is 0.130. The van der Waals surface area contributed by atoms with Crippen molar-refractivity contribution in [3.63, 3.8) is 0 Å². The topological polar surface area (TPSA) is 90.2 Å². The number of ether oxygens (including phenoxy) is 1. The second-order valence-corrected chi connectivity index (χ2v) is 3.56. The first kappa shape index (κ1) is 13.8. The maximum absolute atomic E-state index is 9.25. The first-order valence-corrected chi connectivity index (χ1v) is 4.80. The molecule has 4 N–H and O–H groups in total. The fourth-order valence-electron chi connectivity index (χ4n) is 0.953. The Morgan fingerprint density at radius 3 is 1.86 bits per heavy atom. The SMILES string of the molecule is CCCC(O)(O)COCC(O)(O)CC. The number of aliphatic hydroxyl groups is 4. The van der Waals surface area contributed by atoms with Crippen LogP contribution in [-0.2, 0) is 4.74 Å². The molecule has 0 spiro atoms. The van der Waals surface area contributed by atoms with E-state index in [1.54, 1.807) is 6.92 Å². The quantitative estimate of drug-likeness (QED) is 0.426. The Morgan fingerprint density at radius 1 is 0.929 bits per heavy atom. The monoisotopic (exact) mass is 208 g/mol. The third kappa shape index (κ3) is 6.28. The molecule has 0 heterocycles. The average molecular weight is 208 g/mol. The molecule has 0 fully saturated rings. The molecular weight excluding hydrogens is 188 g/mol. The van der Waals surface area contributed by atoms with Gasteiger partial charge in [0, 0.05) is 12.8 Å². The molecule has 5 nitrogen and oxygen atoms in total. The van der Waals surface area contributed by atoms with Crippen molar-refractivity contribution in [2.75, 3.05) is 13.2 Å². The molecule has 0 radical (unpaired) electrons. The van der Waals surface area contributed by atoms with Gasteiger partial charge in [-0.25, -0.2) is 0 Å². The minimum Gasteiger partial charge on any atom is -0.370 e. The van der Waals surface area contributed by atoms with Crippen LogP contribution in [-0.4, -0.2) is 45.2 Å². The Morgan fingerprint density at radius 2 is 1.43 bits per heavy atom. The van der Waals surface area contributed by atoms with Crippen LogP contribution in [0.15, 0.2) is 0 Å². The van der Waals surface area contributed by atoms with Gasteiger partial charge in [-0.3, -0.25) is 0 Å².